The number of methoxy groups -OCH3 is 1. The van der Waals surface area contributed by atoms with Gasteiger partial charge < -0.3 is 20.1 Å². The number of benzene rings is 1. The van der Waals surface area contributed by atoms with Gasteiger partial charge in [0.1, 0.15) is 11.9 Å². The van der Waals surface area contributed by atoms with Crippen molar-refractivity contribution in [1.29, 1.82) is 0 Å². The lowest BCUT2D eigenvalue weighted by Gasteiger charge is -2.33. The number of urea groups is 1. The van der Waals surface area contributed by atoms with Crippen LogP contribution in [0.5, 0.6) is 5.75 Å². The Kier molecular flexibility index (Phi) is 5.73. The van der Waals surface area contributed by atoms with Gasteiger partial charge in [0, 0.05) is 5.70 Å². The topological polar surface area (TPSA) is 76.7 Å². The molecule has 0 saturated heterocycles. The second-order valence-corrected chi connectivity index (χ2v) is 7.64. The van der Waals surface area contributed by atoms with Crippen molar-refractivity contribution in [3.05, 3.63) is 41.1 Å². The summed E-state index contributed by atoms with van der Waals surface area (Å²) >= 11 is 0. The number of carbonyl (C=O) groups is 2. The van der Waals surface area contributed by atoms with Gasteiger partial charge in [-0.2, -0.15) is 0 Å². The highest BCUT2D eigenvalue weighted by Crippen LogP contribution is 2.33. The third-order valence-electron chi connectivity index (χ3n) is 5.76. The molecule has 1 saturated carbocycles. The standard InChI is InChI=1S/C21H28N2O4/c1-12-5-8-17(11-13(12)2)27-20(24)18-14(3)22-21(25)23-19(18)15-6-9-16(26-4)10-7-15/h6-7,9-10,12-13,17,19H,5,8,11H2,1-4H3,(H2,22,23,25)/t12-,13+,17-,19+/m1/s1. The number of hydrogen-bond donors (Lipinski definition) is 2. The molecule has 4 atom stereocenters. The number of allylic oxidation sites excluding steroid dienone is 1. The van der Waals surface area contributed by atoms with Gasteiger partial charge in [0.25, 0.3) is 0 Å². The van der Waals surface area contributed by atoms with Crippen molar-refractivity contribution in [1.82, 2.24) is 10.6 Å². The summed E-state index contributed by atoms with van der Waals surface area (Å²) < 4.78 is 11.0. The maximum atomic E-state index is 13.0. The largest absolute Gasteiger partial charge is 0.497 e. The van der Waals surface area contributed by atoms with Crippen molar-refractivity contribution in [2.45, 2.75) is 52.2 Å². The van der Waals surface area contributed by atoms with E-state index in [4.69, 9.17) is 9.47 Å². The van der Waals surface area contributed by atoms with E-state index in [0.29, 0.717) is 28.9 Å². The SMILES string of the molecule is COc1ccc([C@@H]2NC(=O)NC(C)=C2C(=O)O[C@@H]2CC[C@@H](C)[C@@H](C)C2)cc1. The molecule has 146 valence electrons. The van der Waals surface area contributed by atoms with Crippen LogP contribution in [-0.4, -0.2) is 25.2 Å². The van der Waals surface area contributed by atoms with E-state index in [2.05, 4.69) is 24.5 Å². The highest BCUT2D eigenvalue weighted by Gasteiger charge is 2.34. The molecule has 1 fully saturated rings. The predicted molar refractivity (Wildman–Crippen MR) is 102 cm³/mol. The number of rotatable bonds is 4. The molecule has 0 radical (unpaired) electrons. The van der Waals surface area contributed by atoms with Crippen LogP contribution >= 0.6 is 0 Å². The number of hydrogen-bond acceptors (Lipinski definition) is 4. The first-order chi connectivity index (χ1) is 12.9. The van der Waals surface area contributed by atoms with E-state index >= 15 is 0 Å². The van der Waals surface area contributed by atoms with Gasteiger partial charge in [0.05, 0.1) is 18.7 Å². The van der Waals surface area contributed by atoms with E-state index in [1.54, 1.807) is 14.0 Å². The molecule has 2 amide bonds. The zero-order valence-electron chi connectivity index (χ0n) is 16.4. The molecule has 27 heavy (non-hydrogen) atoms. The summed E-state index contributed by atoms with van der Waals surface area (Å²) in [5, 5.41) is 5.52. The van der Waals surface area contributed by atoms with Crippen molar-refractivity contribution >= 4 is 12.0 Å². The first-order valence-electron chi connectivity index (χ1n) is 9.52. The third-order valence-corrected chi connectivity index (χ3v) is 5.76. The maximum Gasteiger partial charge on any atom is 0.338 e. The zero-order chi connectivity index (χ0) is 19.6. The molecule has 1 aliphatic heterocycles. The maximum absolute atomic E-state index is 13.0. The van der Waals surface area contributed by atoms with Crippen LogP contribution in [0.25, 0.3) is 0 Å². The van der Waals surface area contributed by atoms with Crippen LogP contribution < -0.4 is 15.4 Å². The Morgan fingerprint density at radius 3 is 2.44 bits per heavy atom. The van der Waals surface area contributed by atoms with Crippen molar-refractivity contribution in [3.63, 3.8) is 0 Å². The van der Waals surface area contributed by atoms with Gasteiger partial charge in [-0.1, -0.05) is 26.0 Å². The van der Waals surface area contributed by atoms with Crippen LogP contribution in [0.1, 0.15) is 51.6 Å². The van der Waals surface area contributed by atoms with Crippen LogP contribution in [0.2, 0.25) is 0 Å². The van der Waals surface area contributed by atoms with Crippen LogP contribution in [0.4, 0.5) is 4.79 Å². The molecule has 0 bridgehead atoms. The van der Waals surface area contributed by atoms with Crippen LogP contribution in [0, 0.1) is 11.8 Å². The fraction of sp³-hybridized carbons (Fsp3) is 0.524. The first kappa shape index (κ1) is 19.3. The van der Waals surface area contributed by atoms with Crippen LogP contribution in [0.15, 0.2) is 35.5 Å². The van der Waals surface area contributed by atoms with Gasteiger partial charge in [-0.3, -0.25) is 0 Å². The smallest absolute Gasteiger partial charge is 0.338 e. The average Bonchev–Trinajstić information content (AvgIpc) is 2.64. The Bertz CT molecular complexity index is 741. The minimum atomic E-state index is -0.544. The van der Waals surface area contributed by atoms with Gasteiger partial charge in [-0.15, -0.1) is 0 Å². The molecule has 6 nitrogen and oxygen atoms in total. The number of amides is 2. The molecular weight excluding hydrogens is 344 g/mol. The van der Waals surface area contributed by atoms with E-state index in [1.807, 2.05) is 24.3 Å². The van der Waals surface area contributed by atoms with E-state index in [1.165, 1.54) is 0 Å². The Labute approximate surface area is 160 Å². The molecule has 3 rings (SSSR count). The van der Waals surface area contributed by atoms with Gasteiger partial charge in [0.15, 0.2) is 0 Å². The third kappa shape index (κ3) is 4.26. The Morgan fingerprint density at radius 1 is 1.11 bits per heavy atom. The molecule has 6 heteroatoms. The van der Waals surface area contributed by atoms with Crippen LogP contribution in [-0.2, 0) is 9.53 Å². The summed E-state index contributed by atoms with van der Waals surface area (Å²) in [6.45, 7) is 6.19. The summed E-state index contributed by atoms with van der Waals surface area (Å²) in [7, 11) is 1.60. The van der Waals surface area contributed by atoms with Gasteiger partial charge in [0.2, 0.25) is 0 Å². The fourth-order valence-corrected chi connectivity index (χ4v) is 3.83. The normalized spacial score (nSPS) is 28.2. The average molecular weight is 372 g/mol. The van der Waals surface area contributed by atoms with E-state index in [9.17, 15) is 9.59 Å². The van der Waals surface area contributed by atoms with E-state index in [0.717, 1.165) is 24.8 Å². The Hall–Kier alpha value is -2.50. The number of carbonyl (C=O) groups excluding carboxylic acids is 2. The predicted octanol–water partition coefficient (Wildman–Crippen LogP) is 3.69. The number of nitrogens with one attached hydrogen (secondary N) is 2. The second kappa shape index (κ2) is 8.03. The summed E-state index contributed by atoms with van der Waals surface area (Å²) in [6, 6.07) is 6.44. The first-order valence-corrected chi connectivity index (χ1v) is 9.52. The summed E-state index contributed by atoms with van der Waals surface area (Å²) in [6.07, 6.45) is 2.76. The van der Waals surface area contributed by atoms with Gasteiger partial charge in [-0.25, -0.2) is 9.59 Å². The van der Waals surface area contributed by atoms with E-state index < -0.39 is 6.04 Å². The second-order valence-electron chi connectivity index (χ2n) is 7.64. The highest BCUT2D eigenvalue weighted by molar-refractivity contribution is 5.95. The highest BCUT2D eigenvalue weighted by atomic mass is 16.5. The van der Waals surface area contributed by atoms with E-state index in [-0.39, 0.29) is 18.1 Å². The molecule has 0 spiro atoms. The fourth-order valence-electron chi connectivity index (χ4n) is 3.83. The Balaban J connectivity index is 1.81. The molecule has 0 unspecified atom stereocenters. The molecule has 2 aliphatic rings. The summed E-state index contributed by atoms with van der Waals surface area (Å²) in [4.78, 5) is 25.0. The lowest BCUT2D eigenvalue weighted by molar-refractivity contribution is -0.147. The van der Waals surface area contributed by atoms with Crippen molar-refractivity contribution in [2.24, 2.45) is 11.8 Å². The molecule has 1 aromatic rings. The molecule has 1 aromatic carbocycles. The summed E-state index contributed by atoms with van der Waals surface area (Å²) in [5.41, 5.74) is 1.79. The van der Waals surface area contributed by atoms with Gasteiger partial charge in [-0.05, 0) is 55.7 Å². The quantitative estimate of drug-likeness (QED) is 0.790. The molecular formula is C21H28N2O4. The molecule has 0 aromatic heterocycles. The number of esters is 1. The lowest BCUT2D eigenvalue weighted by Crippen LogP contribution is -2.45. The van der Waals surface area contributed by atoms with Gasteiger partial charge >= 0.3 is 12.0 Å². The van der Waals surface area contributed by atoms with Crippen LogP contribution in [0.3, 0.4) is 0 Å². The Morgan fingerprint density at radius 2 is 1.81 bits per heavy atom. The minimum Gasteiger partial charge on any atom is -0.497 e. The monoisotopic (exact) mass is 372 g/mol. The van der Waals surface area contributed by atoms with Crippen molar-refractivity contribution in [3.8, 4) is 5.75 Å². The van der Waals surface area contributed by atoms with Crippen molar-refractivity contribution in [2.75, 3.05) is 7.11 Å². The molecule has 2 N–H and O–H groups in total. The lowest BCUT2D eigenvalue weighted by atomic mass is 9.80. The van der Waals surface area contributed by atoms with Crippen molar-refractivity contribution < 1.29 is 19.1 Å². The minimum absolute atomic E-state index is 0.0712. The zero-order valence-corrected chi connectivity index (χ0v) is 16.4. The molecule has 1 heterocycles. The number of ether oxygens (including phenoxy) is 2. The molecule has 1 aliphatic carbocycles. The summed E-state index contributed by atoms with van der Waals surface area (Å²) in [5.74, 6) is 1.54.